The molecule has 11 nitrogen and oxygen atoms in total. The zero-order chi connectivity index (χ0) is 67.6. The number of halogens is 2. The number of fused-ring (bicyclic) bond motifs is 5. The van der Waals surface area contributed by atoms with Crippen LogP contribution >= 0.6 is 0 Å². The Bertz CT molecular complexity index is 4190. The predicted octanol–water partition coefficient (Wildman–Crippen LogP) is 18.4. The van der Waals surface area contributed by atoms with Crippen LogP contribution in [0.1, 0.15) is 164 Å². The van der Waals surface area contributed by atoms with Gasteiger partial charge >= 0.3 is 0 Å². The molecule has 0 N–H and O–H groups in total. The molecule has 1 aliphatic heterocycles. The Labute approximate surface area is 537 Å². The third-order valence-electron chi connectivity index (χ3n) is 16.8. The van der Waals surface area contributed by atoms with E-state index in [9.17, 15) is 32.8 Å². The second-order valence-electron chi connectivity index (χ2n) is 29.8. The highest BCUT2D eigenvalue weighted by Crippen LogP contribution is 2.54. The first kappa shape index (κ1) is 70.1. The van der Waals surface area contributed by atoms with E-state index in [0.29, 0.717) is 24.4 Å². The van der Waals surface area contributed by atoms with Gasteiger partial charge in [-0.25, -0.2) is 8.78 Å². The molecule has 4 aromatic heterocycles. The second kappa shape index (κ2) is 26.8. The minimum absolute atomic E-state index is 0.0341. The lowest BCUT2D eigenvalue weighted by Gasteiger charge is -2.24. The summed E-state index contributed by atoms with van der Waals surface area (Å²) in [5.41, 5.74) is 6.43. The number of hydrogen-bond acceptors (Lipinski definition) is 7. The van der Waals surface area contributed by atoms with Crippen LogP contribution in [0, 0.1) is 53.3 Å². The standard InChI is InChI=1S/C16H19F2NO.C16H21NO.C16H17NO.C15H19NO.C15H18O3/c1-15(2,3)14(20)10-19-8-7-11-5-6-12(9-13(11)19)16(4,17)18;1-11-6-7-14-13(10-11)8-9-17(14)12(2)15(18)16(3,4)5;1-5-12-7-6-8-14-13(12)9-10-17(14)11-15(18)16(2,3)4;1-11-5-6-13-12(9-11)7-8-16(13)10-14(17)15(2,3)4;1-14(2,3)13(16)15(6-7-15)10-4-5-11-12(8-10)18-9-17-11/h5-9H,10H2,1-4H3;6-10,12H,1-5H3;1,6-10H,11H2,2-4H3;5-9H,10H2,1-4H3;4-5,8H,6-7,9H2,1-3H3. The minimum Gasteiger partial charge on any atom is -0.454 e. The topological polar surface area (TPSA) is 124 Å². The Morgan fingerprint density at radius 3 is 1.53 bits per heavy atom. The highest BCUT2D eigenvalue weighted by Gasteiger charge is 2.54. The van der Waals surface area contributed by atoms with E-state index < -0.39 is 11.3 Å². The molecule has 0 amide bonds. The summed E-state index contributed by atoms with van der Waals surface area (Å²) in [6.45, 7) is 37.5. The van der Waals surface area contributed by atoms with Gasteiger partial charge in [-0.05, 0) is 134 Å². The third kappa shape index (κ3) is 17.0. The van der Waals surface area contributed by atoms with Crippen molar-refractivity contribution < 1.29 is 42.2 Å². The number of Topliss-reactive ketones (excluding diaryl/α,β-unsaturated/α-hetero) is 5. The zero-order valence-electron chi connectivity index (χ0n) is 57.1. The Morgan fingerprint density at radius 2 is 1.01 bits per heavy atom. The third-order valence-corrected chi connectivity index (χ3v) is 16.8. The van der Waals surface area contributed by atoms with E-state index in [1.54, 1.807) is 16.8 Å². The van der Waals surface area contributed by atoms with E-state index in [0.717, 1.165) is 69.7 Å². The monoisotopic (exact) mass is 1240 g/mol. The van der Waals surface area contributed by atoms with Crippen LogP contribution in [0.2, 0.25) is 0 Å². The maximum atomic E-state index is 13.4. The van der Waals surface area contributed by atoms with Crippen molar-refractivity contribution in [1.82, 2.24) is 18.3 Å². The number of alkyl halides is 2. The number of ether oxygens (including phenoxy) is 2. The Balaban J connectivity index is 0.000000162. The number of terminal acetylenes is 1. The molecule has 2 aliphatic rings. The van der Waals surface area contributed by atoms with E-state index >= 15 is 0 Å². The number of rotatable bonds is 11. The molecule has 0 radical (unpaired) electrons. The molecule has 1 fully saturated rings. The first-order valence-corrected chi connectivity index (χ1v) is 31.4. The number of hydrogen-bond donors (Lipinski definition) is 0. The summed E-state index contributed by atoms with van der Waals surface area (Å²) in [6.07, 6.45) is 15.1. The normalized spacial score (nSPS) is 14.0. The summed E-state index contributed by atoms with van der Waals surface area (Å²) in [6, 6.07) is 36.8. The average molecular weight is 1240 g/mol. The van der Waals surface area contributed by atoms with E-state index in [1.165, 1.54) is 34.0 Å². The van der Waals surface area contributed by atoms with Gasteiger partial charge in [0.2, 0.25) is 6.79 Å². The fourth-order valence-electron chi connectivity index (χ4n) is 10.8. The van der Waals surface area contributed by atoms with E-state index in [2.05, 4.69) is 72.9 Å². The van der Waals surface area contributed by atoms with Gasteiger partial charge in [0.15, 0.2) is 34.6 Å². The lowest BCUT2D eigenvalue weighted by molar-refractivity contribution is -0.129. The fourth-order valence-corrected chi connectivity index (χ4v) is 10.8. The van der Waals surface area contributed by atoms with Gasteiger partial charge in [-0.1, -0.05) is 157 Å². The van der Waals surface area contributed by atoms with Crippen molar-refractivity contribution in [3.8, 4) is 23.8 Å². The summed E-state index contributed by atoms with van der Waals surface area (Å²) in [7, 11) is 0. The number of carbonyl (C=O) groups excluding carboxylic acids is 5. The van der Waals surface area contributed by atoms with E-state index in [-0.39, 0.29) is 75.2 Å². The molecule has 0 saturated heterocycles. The summed E-state index contributed by atoms with van der Waals surface area (Å²) < 4.78 is 45.3. The number of carbonyl (C=O) groups is 5. The number of ketones is 5. The lowest BCUT2D eigenvalue weighted by Crippen LogP contribution is -2.32. The highest BCUT2D eigenvalue weighted by atomic mass is 19.3. The molecule has 5 aromatic carbocycles. The maximum Gasteiger partial charge on any atom is 0.270 e. The number of nitrogens with zero attached hydrogens (tertiary/aromatic N) is 4. The van der Waals surface area contributed by atoms with Crippen LogP contribution in [-0.2, 0) is 54.9 Å². The highest BCUT2D eigenvalue weighted by molar-refractivity contribution is 5.97. The molecule has 11 rings (SSSR count). The molecule has 0 bridgehead atoms. The molecule has 1 saturated carbocycles. The van der Waals surface area contributed by atoms with Gasteiger partial charge < -0.3 is 27.7 Å². The number of aryl methyl sites for hydroxylation is 2. The van der Waals surface area contributed by atoms with Crippen LogP contribution in [0.15, 0.2) is 140 Å². The summed E-state index contributed by atoms with van der Waals surface area (Å²) in [4.78, 5) is 61.1. The number of aromatic nitrogens is 4. The van der Waals surface area contributed by atoms with Crippen molar-refractivity contribution in [3.05, 3.63) is 168 Å². The molecule has 91 heavy (non-hydrogen) atoms. The van der Waals surface area contributed by atoms with Gasteiger partial charge in [0.25, 0.3) is 5.92 Å². The fraction of sp³-hybridized carbons (Fsp3) is 0.423. The molecule has 13 heteroatoms. The SMILES string of the molecule is C#Cc1cccc2c1ccn2CC(=O)C(C)(C)C.CC(C)(C)C(=O)C1(c2ccc3c(c2)OCO3)CC1.CC(C)(C)C(=O)Cn1ccc2ccc(C(C)(F)F)cc21.Cc1ccc2c(ccn2C(C)C(=O)C(C)(C)C)c1.Cc1ccc2c(ccn2CC(=O)C(C)(C)C)c1. The Hall–Kier alpha value is -8.37. The van der Waals surface area contributed by atoms with Gasteiger partial charge in [-0.15, -0.1) is 6.42 Å². The van der Waals surface area contributed by atoms with Crippen molar-refractivity contribution in [2.45, 2.75) is 181 Å². The van der Waals surface area contributed by atoms with Crippen molar-refractivity contribution in [2.75, 3.05) is 6.79 Å². The molecule has 1 aliphatic carbocycles. The van der Waals surface area contributed by atoms with Crippen LogP contribution in [0.4, 0.5) is 8.78 Å². The molecule has 9 aromatic rings. The van der Waals surface area contributed by atoms with Crippen molar-refractivity contribution in [3.63, 3.8) is 0 Å². The molecule has 1 atom stereocenters. The molecule has 0 spiro atoms. The van der Waals surface area contributed by atoms with Crippen LogP contribution < -0.4 is 9.47 Å². The van der Waals surface area contributed by atoms with Gasteiger partial charge in [0.1, 0.15) is 5.78 Å². The van der Waals surface area contributed by atoms with Crippen LogP contribution in [-0.4, -0.2) is 54.0 Å². The molecular formula is C78H94F2N4O7. The minimum atomic E-state index is -2.88. The molecule has 1 unspecified atom stereocenters. The maximum absolute atomic E-state index is 13.4. The Kier molecular flexibility index (Phi) is 20.7. The van der Waals surface area contributed by atoms with Crippen LogP contribution in [0.25, 0.3) is 43.6 Å². The van der Waals surface area contributed by atoms with Gasteiger partial charge in [-0.2, -0.15) is 0 Å². The summed E-state index contributed by atoms with van der Waals surface area (Å²) in [5, 5.41) is 4.29. The Morgan fingerprint density at radius 1 is 0.516 bits per heavy atom. The largest absolute Gasteiger partial charge is 0.454 e. The van der Waals surface area contributed by atoms with Gasteiger partial charge in [-0.3, -0.25) is 24.0 Å². The summed E-state index contributed by atoms with van der Waals surface area (Å²) in [5.74, 6) is 2.47. The van der Waals surface area contributed by atoms with Gasteiger partial charge in [0.05, 0.1) is 31.1 Å². The van der Waals surface area contributed by atoms with E-state index in [4.69, 9.17) is 15.9 Å². The van der Waals surface area contributed by atoms with Crippen molar-refractivity contribution in [1.29, 1.82) is 0 Å². The van der Waals surface area contributed by atoms with Crippen LogP contribution in [0.5, 0.6) is 11.5 Å². The first-order valence-electron chi connectivity index (χ1n) is 31.4. The molecular weight excluding hydrogens is 1140 g/mol. The quantitative estimate of drug-likeness (QED) is 0.118. The van der Waals surface area contributed by atoms with Crippen LogP contribution in [0.3, 0.4) is 0 Å². The number of benzene rings is 5. The van der Waals surface area contributed by atoms with Gasteiger partial charge in [0, 0.05) is 97.4 Å². The molecule has 5 heterocycles. The first-order chi connectivity index (χ1) is 42.1. The summed E-state index contributed by atoms with van der Waals surface area (Å²) >= 11 is 0. The molecule has 482 valence electrons. The predicted molar refractivity (Wildman–Crippen MR) is 365 cm³/mol. The van der Waals surface area contributed by atoms with E-state index in [1.807, 2.05) is 187 Å². The van der Waals surface area contributed by atoms with Crippen molar-refractivity contribution in [2.24, 2.45) is 27.1 Å². The lowest BCUT2D eigenvalue weighted by atomic mass is 9.77. The average Bonchev–Trinajstić information content (AvgIpc) is 1.59. The second-order valence-corrected chi connectivity index (χ2v) is 29.8. The zero-order valence-corrected chi connectivity index (χ0v) is 57.1. The van der Waals surface area contributed by atoms with Crippen molar-refractivity contribution >= 4 is 72.5 Å². The smallest absolute Gasteiger partial charge is 0.270 e.